The van der Waals surface area contributed by atoms with Gasteiger partial charge >= 0.3 is 0 Å². The summed E-state index contributed by atoms with van der Waals surface area (Å²) >= 11 is 1.39. The lowest BCUT2D eigenvalue weighted by molar-refractivity contribution is 0.475. The molecule has 2 aromatic carbocycles. The number of rotatable bonds is 2. The monoisotopic (exact) mass is 256 g/mol. The molecule has 0 unspecified atom stereocenters. The molecule has 0 bridgehead atoms. The van der Waals surface area contributed by atoms with Crippen molar-refractivity contribution >= 4 is 22.3 Å². The van der Waals surface area contributed by atoms with Crippen molar-refractivity contribution < 1.29 is 5.11 Å². The number of nitrogens with zero attached hydrogens (tertiary/aromatic N) is 2. The van der Waals surface area contributed by atoms with Gasteiger partial charge in [0.2, 0.25) is 0 Å². The Kier molecular flexibility index (Phi) is 2.72. The molecule has 1 N–H and O–H groups in total. The number of hydrogen-bond donors (Lipinski definition) is 1. The summed E-state index contributed by atoms with van der Waals surface area (Å²) in [6, 6.07) is 11.8. The van der Waals surface area contributed by atoms with E-state index < -0.39 is 0 Å². The van der Waals surface area contributed by atoms with Crippen molar-refractivity contribution in [3.8, 4) is 5.75 Å². The Morgan fingerprint density at radius 3 is 2.78 bits per heavy atom. The third-order valence-corrected chi connectivity index (χ3v) is 3.76. The average Bonchev–Trinajstić information content (AvgIpc) is 2.79. The smallest absolute Gasteiger partial charge is 0.126 e. The van der Waals surface area contributed by atoms with Gasteiger partial charge in [0.05, 0.1) is 5.69 Å². The van der Waals surface area contributed by atoms with Gasteiger partial charge in [-0.15, -0.1) is 5.10 Å². The first kappa shape index (κ1) is 11.2. The fraction of sp³-hybridized carbons (Fsp3) is 0.143. The van der Waals surface area contributed by atoms with Crippen LogP contribution in [0.15, 0.2) is 36.4 Å². The van der Waals surface area contributed by atoms with E-state index in [2.05, 4.69) is 9.59 Å². The van der Waals surface area contributed by atoms with Gasteiger partial charge in [-0.25, -0.2) is 0 Å². The molecular weight excluding hydrogens is 244 g/mol. The Labute approximate surface area is 109 Å². The largest absolute Gasteiger partial charge is 0.507 e. The van der Waals surface area contributed by atoms with Gasteiger partial charge in [-0.3, -0.25) is 0 Å². The van der Waals surface area contributed by atoms with Gasteiger partial charge in [0.25, 0.3) is 0 Å². The fourth-order valence-corrected chi connectivity index (χ4v) is 2.52. The lowest BCUT2D eigenvalue weighted by Crippen LogP contribution is -1.92. The molecule has 0 amide bonds. The maximum atomic E-state index is 10.3. The molecule has 0 saturated carbocycles. The number of aryl methyl sites for hydroxylation is 1. The summed E-state index contributed by atoms with van der Waals surface area (Å²) in [4.78, 5) is 1.10. The van der Waals surface area contributed by atoms with Gasteiger partial charge in [-0.05, 0) is 23.8 Å². The van der Waals surface area contributed by atoms with Crippen LogP contribution in [0.4, 0.5) is 0 Å². The Balaban J connectivity index is 2.08. The predicted octanol–water partition coefficient (Wildman–Crippen LogP) is 3.30. The SMILES string of the molecule is Cc1snnc1Cc1ccc2ccccc2c1O. The van der Waals surface area contributed by atoms with Crippen LogP contribution < -0.4 is 0 Å². The Morgan fingerprint density at radius 1 is 1.17 bits per heavy atom. The summed E-state index contributed by atoms with van der Waals surface area (Å²) < 4.78 is 3.92. The van der Waals surface area contributed by atoms with E-state index in [4.69, 9.17) is 0 Å². The summed E-state index contributed by atoms with van der Waals surface area (Å²) in [5.74, 6) is 0.348. The van der Waals surface area contributed by atoms with Crippen LogP contribution in [0.2, 0.25) is 0 Å². The van der Waals surface area contributed by atoms with E-state index in [-0.39, 0.29) is 0 Å². The van der Waals surface area contributed by atoms with Crippen molar-refractivity contribution in [2.24, 2.45) is 0 Å². The molecule has 3 aromatic rings. The second-order valence-corrected chi connectivity index (χ2v) is 5.21. The number of aromatic hydroxyl groups is 1. The molecule has 18 heavy (non-hydrogen) atoms. The van der Waals surface area contributed by atoms with Crippen molar-refractivity contribution in [2.45, 2.75) is 13.3 Å². The van der Waals surface area contributed by atoms with Gasteiger partial charge in [-0.1, -0.05) is 40.9 Å². The normalized spacial score (nSPS) is 10.9. The number of phenols is 1. The van der Waals surface area contributed by atoms with Gasteiger partial charge in [0.15, 0.2) is 0 Å². The molecule has 1 heterocycles. The van der Waals surface area contributed by atoms with E-state index in [9.17, 15) is 5.11 Å². The maximum absolute atomic E-state index is 10.3. The molecule has 3 nitrogen and oxygen atoms in total. The maximum Gasteiger partial charge on any atom is 0.126 e. The lowest BCUT2D eigenvalue weighted by atomic mass is 10.0. The van der Waals surface area contributed by atoms with Gasteiger partial charge < -0.3 is 5.11 Å². The van der Waals surface area contributed by atoms with Gasteiger partial charge in [-0.2, -0.15) is 0 Å². The van der Waals surface area contributed by atoms with Crippen LogP contribution in [0.25, 0.3) is 10.8 Å². The molecule has 90 valence electrons. The highest BCUT2D eigenvalue weighted by Crippen LogP contribution is 2.30. The van der Waals surface area contributed by atoms with Crippen molar-refractivity contribution in [3.05, 3.63) is 52.5 Å². The average molecular weight is 256 g/mol. The Bertz CT molecular complexity index is 706. The summed E-state index contributed by atoms with van der Waals surface area (Å²) in [5, 5.41) is 16.3. The highest BCUT2D eigenvalue weighted by atomic mass is 32.1. The molecule has 0 aliphatic heterocycles. The zero-order chi connectivity index (χ0) is 12.5. The second-order valence-electron chi connectivity index (χ2n) is 4.25. The minimum Gasteiger partial charge on any atom is -0.507 e. The van der Waals surface area contributed by atoms with Crippen molar-refractivity contribution in [3.63, 3.8) is 0 Å². The second kappa shape index (κ2) is 4.38. The third-order valence-electron chi connectivity index (χ3n) is 3.09. The Morgan fingerprint density at radius 2 is 2.00 bits per heavy atom. The van der Waals surface area contributed by atoms with Crippen LogP contribution in [0.3, 0.4) is 0 Å². The Hall–Kier alpha value is -1.94. The highest BCUT2D eigenvalue weighted by molar-refractivity contribution is 7.05. The zero-order valence-corrected chi connectivity index (χ0v) is 10.7. The fourth-order valence-electron chi connectivity index (χ4n) is 2.04. The van der Waals surface area contributed by atoms with Crippen LogP contribution in [-0.2, 0) is 6.42 Å². The van der Waals surface area contributed by atoms with E-state index in [1.165, 1.54) is 11.5 Å². The van der Waals surface area contributed by atoms with E-state index >= 15 is 0 Å². The van der Waals surface area contributed by atoms with Gasteiger partial charge in [0, 0.05) is 22.2 Å². The summed E-state index contributed by atoms with van der Waals surface area (Å²) in [5.41, 5.74) is 1.83. The van der Waals surface area contributed by atoms with Crippen molar-refractivity contribution in [2.75, 3.05) is 0 Å². The minimum atomic E-state index is 0.348. The van der Waals surface area contributed by atoms with Crippen LogP contribution in [0, 0.1) is 6.92 Å². The van der Waals surface area contributed by atoms with E-state index in [0.717, 1.165) is 26.9 Å². The molecule has 0 aliphatic rings. The quantitative estimate of drug-likeness (QED) is 0.765. The molecule has 3 rings (SSSR count). The lowest BCUT2D eigenvalue weighted by Gasteiger charge is -2.06. The minimum absolute atomic E-state index is 0.348. The summed E-state index contributed by atoms with van der Waals surface area (Å²) in [6.07, 6.45) is 0.624. The van der Waals surface area contributed by atoms with E-state index in [1.54, 1.807) is 0 Å². The molecule has 0 atom stereocenters. The topological polar surface area (TPSA) is 46.0 Å². The molecule has 0 aliphatic carbocycles. The molecular formula is C14H12N2OS. The number of benzene rings is 2. The molecule has 1 aromatic heterocycles. The number of phenolic OH excluding ortho intramolecular Hbond substituents is 1. The predicted molar refractivity (Wildman–Crippen MR) is 73.1 cm³/mol. The first-order valence-corrected chi connectivity index (χ1v) is 6.50. The van der Waals surface area contributed by atoms with Gasteiger partial charge in [0.1, 0.15) is 5.75 Å². The van der Waals surface area contributed by atoms with E-state index in [1.807, 2.05) is 43.3 Å². The first-order valence-electron chi connectivity index (χ1n) is 5.73. The summed E-state index contributed by atoms with van der Waals surface area (Å²) in [7, 11) is 0. The van der Waals surface area contributed by atoms with E-state index in [0.29, 0.717) is 12.2 Å². The van der Waals surface area contributed by atoms with Crippen molar-refractivity contribution in [1.82, 2.24) is 9.59 Å². The van der Waals surface area contributed by atoms with Crippen LogP contribution in [0.1, 0.15) is 16.1 Å². The standard InChI is InChI=1S/C14H12N2OS/c1-9-13(15-16-18-9)8-11-7-6-10-4-2-3-5-12(10)14(11)17/h2-7,17H,8H2,1H3. The van der Waals surface area contributed by atoms with Crippen LogP contribution >= 0.6 is 11.5 Å². The third kappa shape index (κ3) is 1.84. The highest BCUT2D eigenvalue weighted by Gasteiger charge is 2.10. The number of fused-ring (bicyclic) bond motifs is 1. The molecule has 0 saturated heterocycles. The van der Waals surface area contributed by atoms with Crippen molar-refractivity contribution in [1.29, 1.82) is 0 Å². The molecule has 0 radical (unpaired) electrons. The summed E-state index contributed by atoms with van der Waals surface area (Å²) in [6.45, 7) is 2.00. The molecule has 0 spiro atoms. The molecule has 4 heteroatoms. The first-order chi connectivity index (χ1) is 8.75. The van der Waals surface area contributed by atoms with Crippen LogP contribution in [-0.4, -0.2) is 14.7 Å². The van der Waals surface area contributed by atoms with Crippen LogP contribution in [0.5, 0.6) is 5.75 Å². The number of hydrogen-bond acceptors (Lipinski definition) is 4. The molecule has 0 fully saturated rings. The number of aromatic nitrogens is 2. The zero-order valence-electron chi connectivity index (χ0n) is 9.92.